The minimum Gasteiger partial charge on any atom is -0.489 e. The third kappa shape index (κ3) is 4.10. The van der Waals surface area contributed by atoms with Crippen molar-refractivity contribution >= 4 is 28.6 Å². The molecule has 0 amide bonds. The van der Waals surface area contributed by atoms with Crippen LogP contribution in [0.4, 0.5) is 0 Å². The van der Waals surface area contributed by atoms with Crippen molar-refractivity contribution in [1.29, 1.82) is 0 Å². The van der Waals surface area contributed by atoms with Gasteiger partial charge in [-0.1, -0.05) is 41.9 Å². The standard InChI is InChI=1S/C23H22ClNOS/c1-15-3-4-17(13-16(15)2)14-26-19-7-5-18(6-8-19)21-9-10-22(25-21)23-20(24)11-12-27-23/h3-8,11-13,21H,9-10,14H2,1-2H3. The Labute approximate surface area is 169 Å². The zero-order chi connectivity index (χ0) is 18.8. The van der Waals surface area contributed by atoms with Gasteiger partial charge in [-0.15, -0.1) is 11.3 Å². The Hall–Kier alpha value is -2.10. The highest BCUT2D eigenvalue weighted by molar-refractivity contribution is 7.12. The zero-order valence-electron chi connectivity index (χ0n) is 15.5. The summed E-state index contributed by atoms with van der Waals surface area (Å²) in [6.07, 6.45) is 2.02. The average molecular weight is 396 g/mol. The van der Waals surface area contributed by atoms with E-state index in [-0.39, 0.29) is 6.04 Å². The van der Waals surface area contributed by atoms with E-state index in [1.165, 1.54) is 22.3 Å². The minimum atomic E-state index is 0.215. The lowest BCUT2D eigenvalue weighted by Crippen LogP contribution is -1.97. The molecule has 138 valence electrons. The molecular formula is C23H22ClNOS. The second-order valence-corrected chi connectivity index (χ2v) is 8.33. The van der Waals surface area contributed by atoms with Gasteiger partial charge in [0.25, 0.3) is 0 Å². The van der Waals surface area contributed by atoms with Gasteiger partial charge in [0.2, 0.25) is 0 Å². The molecule has 0 aliphatic carbocycles. The fraction of sp³-hybridized carbons (Fsp3) is 0.261. The summed E-state index contributed by atoms with van der Waals surface area (Å²) in [5.41, 5.74) is 6.17. The second-order valence-electron chi connectivity index (χ2n) is 7.00. The van der Waals surface area contributed by atoms with Crippen molar-refractivity contribution in [3.63, 3.8) is 0 Å². The highest BCUT2D eigenvalue weighted by Gasteiger charge is 2.22. The van der Waals surface area contributed by atoms with Crippen LogP contribution in [0.15, 0.2) is 58.9 Å². The van der Waals surface area contributed by atoms with Crippen molar-refractivity contribution in [2.75, 3.05) is 0 Å². The summed E-state index contributed by atoms with van der Waals surface area (Å²) in [5.74, 6) is 0.889. The van der Waals surface area contributed by atoms with Crippen molar-refractivity contribution in [2.24, 2.45) is 4.99 Å². The van der Waals surface area contributed by atoms with Gasteiger partial charge in [-0.05, 0) is 72.5 Å². The molecule has 0 fully saturated rings. The van der Waals surface area contributed by atoms with Gasteiger partial charge in [-0.25, -0.2) is 0 Å². The Bertz CT molecular complexity index is 974. The van der Waals surface area contributed by atoms with Gasteiger partial charge in [0, 0.05) is 0 Å². The lowest BCUT2D eigenvalue weighted by molar-refractivity contribution is 0.306. The molecule has 1 aliphatic rings. The molecule has 2 aromatic carbocycles. The first-order valence-corrected chi connectivity index (χ1v) is 10.4. The highest BCUT2D eigenvalue weighted by atomic mass is 35.5. The van der Waals surface area contributed by atoms with Crippen LogP contribution >= 0.6 is 22.9 Å². The predicted octanol–water partition coefficient (Wildman–Crippen LogP) is 6.92. The van der Waals surface area contributed by atoms with Gasteiger partial charge in [0.1, 0.15) is 12.4 Å². The third-order valence-corrected chi connectivity index (χ3v) is 6.48. The molecule has 3 aromatic rings. The molecule has 2 nitrogen and oxygen atoms in total. The van der Waals surface area contributed by atoms with Crippen LogP contribution in [0, 0.1) is 13.8 Å². The maximum Gasteiger partial charge on any atom is 0.119 e. The molecule has 0 radical (unpaired) electrons. The molecule has 0 saturated heterocycles. The number of benzene rings is 2. The number of halogens is 1. The highest BCUT2D eigenvalue weighted by Crippen LogP contribution is 2.35. The first-order valence-electron chi connectivity index (χ1n) is 9.19. The largest absolute Gasteiger partial charge is 0.489 e. The number of hydrogen-bond acceptors (Lipinski definition) is 3. The molecule has 1 aliphatic heterocycles. The number of nitrogens with zero attached hydrogens (tertiary/aromatic N) is 1. The summed E-state index contributed by atoms with van der Waals surface area (Å²) in [4.78, 5) is 6.02. The van der Waals surface area contributed by atoms with Gasteiger partial charge in [-0.2, -0.15) is 0 Å². The predicted molar refractivity (Wildman–Crippen MR) is 115 cm³/mol. The van der Waals surface area contributed by atoms with Gasteiger partial charge in [-0.3, -0.25) is 4.99 Å². The Morgan fingerprint density at radius 1 is 1.07 bits per heavy atom. The molecule has 0 spiro atoms. The monoisotopic (exact) mass is 395 g/mol. The average Bonchev–Trinajstić information content (AvgIpc) is 3.32. The van der Waals surface area contributed by atoms with Crippen LogP contribution in [-0.4, -0.2) is 5.71 Å². The van der Waals surface area contributed by atoms with Crippen LogP contribution in [0.1, 0.15) is 46.0 Å². The Balaban J connectivity index is 1.41. The van der Waals surface area contributed by atoms with E-state index in [1.807, 2.05) is 23.6 Å². The first kappa shape index (κ1) is 18.3. The fourth-order valence-electron chi connectivity index (χ4n) is 3.35. The van der Waals surface area contributed by atoms with Crippen LogP contribution in [0.25, 0.3) is 0 Å². The lowest BCUT2D eigenvalue weighted by Gasteiger charge is -2.10. The normalized spacial score (nSPS) is 16.4. The van der Waals surface area contributed by atoms with E-state index in [9.17, 15) is 0 Å². The zero-order valence-corrected chi connectivity index (χ0v) is 17.1. The van der Waals surface area contributed by atoms with E-state index < -0.39 is 0 Å². The van der Waals surface area contributed by atoms with Crippen LogP contribution in [0.5, 0.6) is 5.75 Å². The second kappa shape index (κ2) is 7.87. The summed E-state index contributed by atoms with van der Waals surface area (Å²) in [6, 6.07) is 17.0. The van der Waals surface area contributed by atoms with Crippen LogP contribution in [0.2, 0.25) is 5.02 Å². The molecule has 0 saturated carbocycles. The molecule has 0 bridgehead atoms. The quantitative estimate of drug-likeness (QED) is 0.459. The molecule has 2 heterocycles. The fourth-order valence-corrected chi connectivity index (χ4v) is 4.54. The molecule has 4 heteroatoms. The number of thiophene rings is 1. The van der Waals surface area contributed by atoms with Crippen LogP contribution in [0.3, 0.4) is 0 Å². The number of rotatable bonds is 5. The molecule has 0 N–H and O–H groups in total. The van der Waals surface area contributed by atoms with E-state index >= 15 is 0 Å². The van der Waals surface area contributed by atoms with Gasteiger partial charge < -0.3 is 4.74 Å². The van der Waals surface area contributed by atoms with E-state index in [2.05, 4.69) is 44.2 Å². The molecular weight excluding hydrogens is 374 g/mol. The molecule has 4 rings (SSSR count). The van der Waals surface area contributed by atoms with Crippen LogP contribution < -0.4 is 4.74 Å². The number of ether oxygens (including phenoxy) is 1. The maximum absolute atomic E-state index is 6.25. The van der Waals surface area contributed by atoms with E-state index in [1.54, 1.807) is 11.3 Å². The van der Waals surface area contributed by atoms with Crippen LogP contribution in [-0.2, 0) is 6.61 Å². The smallest absolute Gasteiger partial charge is 0.119 e. The summed E-state index contributed by atoms with van der Waals surface area (Å²) >= 11 is 7.92. The topological polar surface area (TPSA) is 21.6 Å². The minimum absolute atomic E-state index is 0.215. The first-order chi connectivity index (χ1) is 13.1. The van der Waals surface area contributed by atoms with E-state index in [4.69, 9.17) is 21.3 Å². The summed E-state index contributed by atoms with van der Waals surface area (Å²) in [5, 5.41) is 2.84. The number of aliphatic imine (C=N–C) groups is 1. The van der Waals surface area contributed by atoms with Crippen molar-refractivity contribution in [1.82, 2.24) is 0 Å². The van der Waals surface area contributed by atoms with E-state index in [0.717, 1.165) is 34.2 Å². The Morgan fingerprint density at radius 3 is 2.59 bits per heavy atom. The van der Waals surface area contributed by atoms with Crippen molar-refractivity contribution in [3.05, 3.63) is 86.1 Å². The van der Waals surface area contributed by atoms with Crippen molar-refractivity contribution < 1.29 is 4.74 Å². The Morgan fingerprint density at radius 2 is 1.89 bits per heavy atom. The third-order valence-electron chi connectivity index (χ3n) is 5.09. The number of hydrogen-bond donors (Lipinski definition) is 0. The summed E-state index contributed by atoms with van der Waals surface area (Å²) in [7, 11) is 0. The molecule has 27 heavy (non-hydrogen) atoms. The van der Waals surface area contributed by atoms with Gasteiger partial charge in [0.15, 0.2) is 0 Å². The Kier molecular flexibility index (Phi) is 5.33. The van der Waals surface area contributed by atoms with Gasteiger partial charge in [0.05, 0.1) is 21.7 Å². The summed E-state index contributed by atoms with van der Waals surface area (Å²) < 4.78 is 5.95. The SMILES string of the molecule is Cc1ccc(COc2ccc(C3CCC(c4sccc4Cl)=N3)cc2)cc1C. The molecule has 1 aromatic heterocycles. The number of aryl methyl sites for hydroxylation is 2. The summed E-state index contributed by atoms with van der Waals surface area (Å²) in [6.45, 7) is 4.85. The van der Waals surface area contributed by atoms with Crippen molar-refractivity contribution in [2.45, 2.75) is 39.3 Å². The van der Waals surface area contributed by atoms with Crippen molar-refractivity contribution in [3.8, 4) is 5.75 Å². The molecule has 1 atom stereocenters. The molecule has 1 unspecified atom stereocenters. The van der Waals surface area contributed by atoms with E-state index in [0.29, 0.717) is 6.61 Å². The lowest BCUT2D eigenvalue weighted by atomic mass is 10.0. The maximum atomic E-state index is 6.25. The van der Waals surface area contributed by atoms with Gasteiger partial charge >= 0.3 is 0 Å².